The Bertz CT molecular complexity index is 593. The highest BCUT2D eigenvalue weighted by molar-refractivity contribution is 9.10. The molecule has 2 aromatic rings. The number of halogens is 1. The van der Waals surface area contributed by atoms with E-state index in [1.807, 2.05) is 24.5 Å². The van der Waals surface area contributed by atoms with Crippen LogP contribution in [0.5, 0.6) is 0 Å². The van der Waals surface area contributed by atoms with Gasteiger partial charge < -0.3 is 10.6 Å². The Morgan fingerprint density at radius 2 is 1.90 bits per heavy atom. The van der Waals surface area contributed by atoms with Gasteiger partial charge in [-0.25, -0.2) is 4.98 Å². The molecule has 0 unspecified atom stereocenters. The Morgan fingerprint density at radius 3 is 2.57 bits per heavy atom. The lowest BCUT2D eigenvalue weighted by molar-refractivity contribution is 0.249. The van der Waals surface area contributed by atoms with Crippen LogP contribution in [0.1, 0.15) is 5.56 Å². The van der Waals surface area contributed by atoms with Crippen molar-refractivity contribution in [2.24, 2.45) is 0 Å². The van der Waals surface area contributed by atoms with Crippen molar-refractivity contribution in [2.45, 2.75) is 6.54 Å². The van der Waals surface area contributed by atoms with Crippen LogP contribution in [0.3, 0.4) is 0 Å². The third-order valence-corrected chi connectivity index (χ3v) is 4.07. The monoisotopic (exact) mass is 347 g/mol. The molecule has 6 heteroatoms. The van der Waals surface area contributed by atoms with Gasteiger partial charge in [-0.05, 0) is 39.7 Å². The fourth-order valence-electron chi connectivity index (χ4n) is 2.52. The first kappa shape index (κ1) is 14.3. The summed E-state index contributed by atoms with van der Waals surface area (Å²) in [4.78, 5) is 13.3. The smallest absolute Gasteiger partial charge is 0.128 e. The topological polar surface area (TPSA) is 58.3 Å². The summed E-state index contributed by atoms with van der Waals surface area (Å²) in [6, 6.07) is 6.02. The van der Waals surface area contributed by atoms with E-state index in [-0.39, 0.29) is 0 Å². The van der Waals surface area contributed by atoms with Crippen molar-refractivity contribution in [2.75, 3.05) is 36.8 Å². The molecule has 0 aliphatic carbocycles. The van der Waals surface area contributed by atoms with Crippen molar-refractivity contribution >= 4 is 27.4 Å². The van der Waals surface area contributed by atoms with Gasteiger partial charge in [0.15, 0.2) is 0 Å². The molecule has 0 aromatic carbocycles. The molecule has 1 aliphatic heterocycles. The lowest BCUT2D eigenvalue weighted by Crippen LogP contribution is -2.46. The second-order valence-electron chi connectivity index (χ2n) is 5.22. The van der Waals surface area contributed by atoms with Crippen LogP contribution in [0, 0.1) is 0 Å². The highest BCUT2D eigenvalue weighted by Gasteiger charge is 2.18. The maximum absolute atomic E-state index is 5.68. The zero-order valence-electron chi connectivity index (χ0n) is 11.7. The van der Waals surface area contributed by atoms with Gasteiger partial charge in [-0.3, -0.25) is 9.88 Å². The predicted octanol–water partition coefficient (Wildman–Crippen LogP) is 2.14. The summed E-state index contributed by atoms with van der Waals surface area (Å²) in [6.45, 7) is 4.96. The zero-order valence-corrected chi connectivity index (χ0v) is 13.3. The molecule has 0 atom stereocenters. The molecule has 0 saturated carbocycles. The lowest BCUT2D eigenvalue weighted by Gasteiger charge is -2.35. The molecular formula is C15H18BrN5. The van der Waals surface area contributed by atoms with Crippen molar-refractivity contribution in [3.05, 3.63) is 46.8 Å². The highest BCUT2D eigenvalue weighted by atomic mass is 79.9. The second kappa shape index (κ2) is 6.41. The van der Waals surface area contributed by atoms with Crippen molar-refractivity contribution < 1.29 is 0 Å². The number of anilines is 2. The molecule has 21 heavy (non-hydrogen) atoms. The molecule has 1 saturated heterocycles. The number of hydrogen-bond acceptors (Lipinski definition) is 5. The predicted molar refractivity (Wildman–Crippen MR) is 88.1 cm³/mol. The van der Waals surface area contributed by atoms with E-state index in [4.69, 9.17) is 5.73 Å². The van der Waals surface area contributed by atoms with Crippen LogP contribution in [0.4, 0.5) is 11.5 Å². The zero-order chi connectivity index (χ0) is 14.7. The first-order valence-electron chi connectivity index (χ1n) is 6.99. The number of hydrogen-bond donors (Lipinski definition) is 1. The molecule has 1 aliphatic rings. The number of nitrogens with zero attached hydrogens (tertiary/aromatic N) is 4. The highest BCUT2D eigenvalue weighted by Crippen LogP contribution is 2.17. The number of nitrogens with two attached hydrogens (primary N) is 1. The number of pyridine rings is 2. The Labute approximate surface area is 132 Å². The standard InChI is InChI=1S/C15H18BrN5/c16-13-7-12(8-18-9-13)11-20-3-5-21(6-4-20)15-2-1-14(17)10-19-15/h1-2,7-10H,3-6,11,17H2. The molecule has 3 heterocycles. The maximum Gasteiger partial charge on any atom is 0.128 e. The van der Waals surface area contributed by atoms with Gasteiger partial charge in [-0.15, -0.1) is 0 Å². The average Bonchev–Trinajstić information content (AvgIpc) is 2.49. The maximum atomic E-state index is 5.68. The third kappa shape index (κ3) is 3.71. The molecular weight excluding hydrogens is 330 g/mol. The first-order chi connectivity index (χ1) is 10.2. The molecule has 2 aromatic heterocycles. The van der Waals surface area contributed by atoms with Crippen molar-refractivity contribution in [1.82, 2.24) is 14.9 Å². The Morgan fingerprint density at radius 1 is 1.10 bits per heavy atom. The summed E-state index contributed by atoms with van der Waals surface area (Å²) >= 11 is 3.47. The van der Waals surface area contributed by atoms with E-state index in [1.165, 1.54) is 5.56 Å². The van der Waals surface area contributed by atoms with E-state index < -0.39 is 0 Å². The minimum absolute atomic E-state index is 0.708. The van der Waals surface area contributed by atoms with Gasteiger partial charge in [-0.2, -0.15) is 0 Å². The van der Waals surface area contributed by atoms with E-state index in [0.717, 1.165) is 43.0 Å². The third-order valence-electron chi connectivity index (χ3n) is 3.63. The average molecular weight is 348 g/mol. The van der Waals surface area contributed by atoms with Crippen LogP contribution in [-0.2, 0) is 6.54 Å². The Kier molecular flexibility index (Phi) is 4.36. The van der Waals surface area contributed by atoms with Crippen LogP contribution in [0.25, 0.3) is 0 Å². The van der Waals surface area contributed by atoms with Crippen LogP contribution >= 0.6 is 15.9 Å². The molecule has 0 spiro atoms. The summed E-state index contributed by atoms with van der Waals surface area (Å²) in [5, 5.41) is 0. The number of aromatic nitrogens is 2. The molecule has 3 rings (SSSR count). The van der Waals surface area contributed by atoms with Crippen molar-refractivity contribution in [3.63, 3.8) is 0 Å². The SMILES string of the molecule is Nc1ccc(N2CCN(Cc3cncc(Br)c3)CC2)nc1. The summed E-state index contributed by atoms with van der Waals surface area (Å²) in [5.41, 5.74) is 7.62. The van der Waals surface area contributed by atoms with Crippen molar-refractivity contribution in [1.29, 1.82) is 0 Å². The van der Waals surface area contributed by atoms with Crippen LogP contribution < -0.4 is 10.6 Å². The lowest BCUT2D eigenvalue weighted by atomic mass is 10.2. The molecule has 0 bridgehead atoms. The van der Waals surface area contributed by atoms with Gasteiger partial charge >= 0.3 is 0 Å². The summed E-state index contributed by atoms with van der Waals surface area (Å²) in [6.07, 6.45) is 5.46. The minimum Gasteiger partial charge on any atom is -0.397 e. The molecule has 1 fully saturated rings. The van der Waals surface area contributed by atoms with Crippen molar-refractivity contribution in [3.8, 4) is 0 Å². The molecule has 0 amide bonds. The Balaban J connectivity index is 1.56. The molecule has 110 valence electrons. The molecule has 0 radical (unpaired) electrons. The summed E-state index contributed by atoms with van der Waals surface area (Å²) in [7, 11) is 0. The van der Waals surface area contributed by atoms with Crippen LogP contribution in [0.15, 0.2) is 41.3 Å². The Hall–Kier alpha value is -1.66. The van der Waals surface area contributed by atoms with E-state index in [9.17, 15) is 0 Å². The van der Waals surface area contributed by atoms with E-state index in [0.29, 0.717) is 5.69 Å². The first-order valence-corrected chi connectivity index (χ1v) is 7.78. The van der Waals surface area contributed by atoms with E-state index in [2.05, 4.69) is 41.8 Å². The van der Waals surface area contributed by atoms with E-state index >= 15 is 0 Å². The van der Waals surface area contributed by atoms with Gasteiger partial charge in [0, 0.05) is 49.6 Å². The number of nitrogen functional groups attached to an aromatic ring is 1. The van der Waals surface area contributed by atoms with E-state index in [1.54, 1.807) is 6.20 Å². The normalized spacial score (nSPS) is 16.1. The van der Waals surface area contributed by atoms with Gasteiger partial charge in [0.05, 0.1) is 11.9 Å². The summed E-state index contributed by atoms with van der Waals surface area (Å²) in [5.74, 6) is 1.01. The van der Waals surface area contributed by atoms with Gasteiger partial charge in [-0.1, -0.05) is 0 Å². The summed E-state index contributed by atoms with van der Waals surface area (Å²) < 4.78 is 1.03. The fraction of sp³-hybridized carbons (Fsp3) is 0.333. The number of piperazine rings is 1. The van der Waals surface area contributed by atoms with Crippen LogP contribution in [0.2, 0.25) is 0 Å². The minimum atomic E-state index is 0.708. The molecule has 5 nitrogen and oxygen atoms in total. The van der Waals surface area contributed by atoms with Crippen LogP contribution in [-0.4, -0.2) is 41.0 Å². The van der Waals surface area contributed by atoms with Gasteiger partial charge in [0.25, 0.3) is 0 Å². The van der Waals surface area contributed by atoms with Gasteiger partial charge in [0.1, 0.15) is 5.82 Å². The largest absolute Gasteiger partial charge is 0.397 e. The van der Waals surface area contributed by atoms with Gasteiger partial charge in [0.2, 0.25) is 0 Å². The number of rotatable bonds is 3. The fourth-order valence-corrected chi connectivity index (χ4v) is 2.93. The molecule has 2 N–H and O–H groups in total. The quantitative estimate of drug-likeness (QED) is 0.921. The second-order valence-corrected chi connectivity index (χ2v) is 6.14.